The number of anilines is 2. The Morgan fingerprint density at radius 1 is 1.08 bits per heavy atom. The summed E-state index contributed by atoms with van der Waals surface area (Å²) >= 11 is 0. The minimum atomic E-state index is 0.714. The molecule has 0 aromatic heterocycles. The van der Waals surface area contributed by atoms with E-state index >= 15 is 0 Å². The highest BCUT2D eigenvalue weighted by atomic mass is 16.5. The van der Waals surface area contributed by atoms with Crippen molar-refractivity contribution >= 4 is 11.4 Å². The molecule has 0 amide bonds. The number of hydrogen-bond donors (Lipinski definition) is 2. The zero-order valence-corrected chi connectivity index (χ0v) is 16.0. The minimum absolute atomic E-state index is 0.714. The molecule has 1 saturated heterocycles. The Bertz CT molecular complexity index is 549. The Hall–Kier alpha value is -1.54. The van der Waals surface area contributed by atoms with Crippen molar-refractivity contribution < 1.29 is 9.47 Å². The van der Waals surface area contributed by atoms with E-state index in [1.165, 1.54) is 13.1 Å². The summed E-state index contributed by atoms with van der Waals surface area (Å²) in [6.07, 6.45) is 0. The molecule has 146 valence electrons. The third-order valence-electron chi connectivity index (χ3n) is 5.07. The SMILES string of the molecule is CN1CCN(CCOCCNCCN2CCOc3cc(N)ccc32)CC1. The molecule has 0 bridgehead atoms. The Balaban J connectivity index is 1.23. The number of nitrogens with one attached hydrogen (secondary N) is 1. The lowest BCUT2D eigenvalue weighted by atomic mass is 10.2. The molecular weight excluding hydrogens is 330 g/mol. The van der Waals surface area contributed by atoms with Crippen LogP contribution in [0.25, 0.3) is 0 Å². The summed E-state index contributed by atoms with van der Waals surface area (Å²) in [6.45, 7) is 11.7. The number of fused-ring (bicyclic) bond motifs is 1. The number of piperazine rings is 1. The van der Waals surface area contributed by atoms with Crippen LogP contribution in [-0.4, -0.2) is 95.6 Å². The number of ether oxygens (including phenoxy) is 2. The fourth-order valence-electron chi connectivity index (χ4n) is 3.38. The lowest BCUT2D eigenvalue weighted by Gasteiger charge is -2.32. The molecule has 3 N–H and O–H groups in total. The first-order valence-electron chi connectivity index (χ1n) is 9.69. The molecule has 0 unspecified atom stereocenters. The zero-order chi connectivity index (χ0) is 18.2. The van der Waals surface area contributed by atoms with Crippen molar-refractivity contribution in [2.45, 2.75) is 0 Å². The summed E-state index contributed by atoms with van der Waals surface area (Å²) in [7, 11) is 2.18. The average molecular weight is 364 g/mol. The Morgan fingerprint density at radius 2 is 1.92 bits per heavy atom. The van der Waals surface area contributed by atoms with Crippen molar-refractivity contribution in [3.63, 3.8) is 0 Å². The fraction of sp³-hybridized carbons (Fsp3) is 0.684. The van der Waals surface area contributed by atoms with Crippen molar-refractivity contribution in [1.82, 2.24) is 15.1 Å². The van der Waals surface area contributed by atoms with Gasteiger partial charge in [-0.1, -0.05) is 0 Å². The average Bonchev–Trinajstić information content (AvgIpc) is 2.65. The summed E-state index contributed by atoms with van der Waals surface area (Å²) in [4.78, 5) is 7.21. The maximum Gasteiger partial charge on any atom is 0.144 e. The van der Waals surface area contributed by atoms with Gasteiger partial charge in [-0.25, -0.2) is 0 Å². The van der Waals surface area contributed by atoms with Gasteiger partial charge in [0.05, 0.1) is 25.4 Å². The third kappa shape index (κ3) is 5.74. The largest absolute Gasteiger partial charge is 0.489 e. The van der Waals surface area contributed by atoms with Gasteiger partial charge in [-0.05, 0) is 19.2 Å². The van der Waals surface area contributed by atoms with E-state index in [9.17, 15) is 0 Å². The van der Waals surface area contributed by atoms with E-state index in [0.717, 1.165) is 76.2 Å². The van der Waals surface area contributed by atoms with Crippen LogP contribution in [0.1, 0.15) is 0 Å². The molecule has 0 saturated carbocycles. The van der Waals surface area contributed by atoms with Crippen molar-refractivity contribution in [1.29, 1.82) is 0 Å². The number of nitrogen functional groups attached to an aromatic ring is 1. The Morgan fingerprint density at radius 3 is 2.77 bits per heavy atom. The molecule has 0 atom stereocenters. The van der Waals surface area contributed by atoms with Crippen LogP contribution in [0.4, 0.5) is 11.4 Å². The second-order valence-electron chi connectivity index (χ2n) is 7.07. The van der Waals surface area contributed by atoms with E-state index in [2.05, 4.69) is 27.1 Å². The van der Waals surface area contributed by atoms with Gasteiger partial charge in [0.25, 0.3) is 0 Å². The first-order chi connectivity index (χ1) is 12.7. The van der Waals surface area contributed by atoms with Gasteiger partial charge in [-0.15, -0.1) is 0 Å². The fourth-order valence-corrected chi connectivity index (χ4v) is 3.38. The Labute approximate surface area is 157 Å². The molecule has 7 heteroatoms. The van der Waals surface area contributed by atoms with Gasteiger partial charge in [0.1, 0.15) is 12.4 Å². The number of nitrogens with two attached hydrogens (primary N) is 1. The molecule has 0 radical (unpaired) electrons. The smallest absolute Gasteiger partial charge is 0.144 e. The summed E-state index contributed by atoms with van der Waals surface area (Å²) in [6, 6.07) is 5.89. The summed E-state index contributed by atoms with van der Waals surface area (Å²) < 4.78 is 11.5. The highest BCUT2D eigenvalue weighted by Gasteiger charge is 2.17. The highest BCUT2D eigenvalue weighted by molar-refractivity contribution is 5.65. The maximum absolute atomic E-state index is 5.83. The number of likely N-dealkylation sites (N-methyl/N-ethyl adjacent to an activating group) is 1. The first kappa shape index (κ1) is 19.2. The van der Waals surface area contributed by atoms with E-state index in [1.807, 2.05) is 18.2 Å². The lowest BCUT2D eigenvalue weighted by molar-refractivity contribution is 0.0832. The van der Waals surface area contributed by atoms with Crippen molar-refractivity contribution in [2.24, 2.45) is 0 Å². The van der Waals surface area contributed by atoms with Gasteiger partial charge in [0.15, 0.2) is 0 Å². The third-order valence-corrected chi connectivity index (χ3v) is 5.07. The normalized spacial score (nSPS) is 18.6. The molecule has 3 rings (SSSR count). The molecule has 0 spiro atoms. The maximum atomic E-state index is 5.83. The van der Waals surface area contributed by atoms with Gasteiger partial charge in [-0.3, -0.25) is 4.90 Å². The molecule has 1 fully saturated rings. The van der Waals surface area contributed by atoms with Crippen LogP contribution in [0.15, 0.2) is 18.2 Å². The van der Waals surface area contributed by atoms with Gasteiger partial charge in [-0.2, -0.15) is 0 Å². The van der Waals surface area contributed by atoms with Crippen molar-refractivity contribution in [3.8, 4) is 5.75 Å². The Kier molecular flexibility index (Phi) is 7.37. The molecule has 1 aromatic rings. The minimum Gasteiger partial charge on any atom is -0.489 e. The number of benzene rings is 1. The van der Waals surface area contributed by atoms with E-state index < -0.39 is 0 Å². The van der Waals surface area contributed by atoms with E-state index in [4.69, 9.17) is 15.2 Å². The topological polar surface area (TPSA) is 66.2 Å². The summed E-state index contributed by atoms with van der Waals surface area (Å²) in [5, 5.41) is 3.47. The first-order valence-corrected chi connectivity index (χ1v) is 9.69. The van der Waals surface area contributed by atoms with Gasteiger partial charge < -0.3 is 30.3 Å². The summed E-state index contributed by atoms with van der Waals surface area (Å²) in [5.41, 5.74) is 7.71. The van der Waals surface area contributed by atoms with Gasteiger partial charge >= 0.3 is 0 Å². The van der Waals surface area contributed by atoms with Crippen LogP contribution in [-0.2, 0) is 4.74 Å². The van der Waals surface area contributed by atoms with Crippen LogP contribution in [0.3, 0.4) is 0 Å². The number of rotatable bonds is 9. The quantitative estimate of drug-likeness (QED) is 0.484. The van der Waals surface area contributed by atoms with E-state index in [1.54, 1.807) is 0 Å². The van der Waals surface area contributed by atoms with Crippen molar-refractivity contribution in [3.05, 3.63) is 18.2 Å². The number of hydrogen-bond acceptors (Lipinski definition) is 7. The van der Waals surface area contributed by atoms with Crippen LogP contribution in [0.2, 0.25) is 0 Å². The zero-order valence-electron chi connectivity index (χ0n) is 16.0. The molecule has 7 nitrogen and oxygen atoms in total. The molecule has 2 heterocycles. The molecule has 2 aliphatic rings. The predicted molar refractivity (Wildman–Crippen MR) is 106 cm³/mol. The second-order valence-corrected chi connectivity index (χ2v) is 7.07. The van der Waals surface area contributed by atoms with Crippen LogP contribution in [0, 0.1) is 0 Å². The van der Waals surface area contributed by atoms with Gasteiger partial charge in [0, 0.05) is 64.1 Å². The van der Waals surface area contributed by atoms with Crippen LogP contribution in [0.5, 0.6) is 5.75 Å². The van der Waals surface area contributed by atoms with E-state index in [0.29, 0.717) is 6.61 Å². The van der Waals surface area contributed by atoms with Crippen LogP contribution >= 0.6 is 0 Å². The molecule has 0 aliphatic carbocycles. The van der Waals surface area contributed by atoms with E-state index in [-0.39, 0.29) is 0 Å². The summed E-state index contributed by atoms with van der Waals surface area (Å²) in [5.74, 6) is 0.892. The standard InChI is InChI=1S/C19H33N5O2/c1-22-7-9-23(10-8-22)11-14-25-13-5-21-4-6-24-12-15-26-19-16-17(20)2-3-18(19)24/h2-3,16,21H,4-15,20H2,1H3. The molecular formula is C19H33N5O2. The molecule has 2 aliphatic heterocycles. The van der Waals surface area contributed by atoms with Gasteiger partial charge in [0.2, 0.25) is 0 Å². The van der Waals surface area contributed by atoms with Crippen molar-refractivity contribution in [2.75, 3.05) is 96.4 Å². The number of nitrogens with zero attached hydrogens (tertiary/aromatic N) is 3. The second kappa shape index (κ2) is 9.97. The lowest BCUT2D eigenvalue weighted by Crippen LogP contribution is -2.45. The monoisotopic (exact) mass is 363 g/mol. The molecule has 1 aromatic carbocycles. The molecule has 26 heavy (non-hydrogen) atoms. The van der Waals surface area contributed by atoms with Crippen LogP contribution < -0.4 is 20.7 Å². The highest BCUT2D eigenvalue weighted by Crippen LogP contribution is 2.32. The predicted octanol–water partition coefficient (Wildman–Crippen LogP) is 0.321.